The smallest absolute Gasteiger partial charge is 0.0793 e. The lowest BCUT2D eigenvalue weighted by molar-refractivity contribution is 0.119. The molecule has 0 saturated carbocycles. The SMILES string of the molecule is CCNc1cccc(C(C)OC)c1. The van der Waals surface area contributed by atoms with Crippen molar-refractivity contribution < 1.29 is 4.74 Å². The van der Waals surface area contributed by atoms with E-state index < -0.39 is 0 Å². The number of anilines is 1. The third kappa shape index (κ3) is 2.74. The van der Waals surface area contributed by atoms with Crippen molar-refractivity contribution in [2.75, 3.05) is 19.0 Å². The number of hydrogen-bond donors (Lipinski definition) is 1. The lowest BCUT2D eigenvalue weighted by atomic mass is 10.1. The van der Waals surface area contributed by atoms with Gasteiger partial charge in [0.2, 0.25) is 0 Å². The zero-order valence-corrected chi connectivity index (χ0v) is 8.50. The molecular formula is C11H17NO. The molecule has 0 aliphatic heterocycles. The monoisotopic (exact) mass is 179 g/mol. The topological polar surface area (TPSA) is 21.3 Å². The highest BCUT2D eigenvalue weighted by molar-refractivity contribution is 5.46. The van der Waals surface area contributed by atoms with Crippen molar-refractivity contribution in [2.24, 2.45) is 0 Å². The molecule has 2 nitrogen and oxygen atoms in total. The van der Waals surface area contributed by atoms with E-state index in [0.29, 0.717) is 0 Å². The molecule has 0 bridgehead atoms. The summed E-state index contributed by atoms with van der Waals surface area (Å²) in [5, 5.41) is 3.27. The highest BCUT2D eigenvalue weighted by Crippen LogP contribution is 2.19. The molecule has 0 fully saturated rings. The summed E-state index contributed by atoms with van der Waals surface area (Å²) in [6.07, 6.45) is 0.165. The summed E-state index contributed by atoms with van der Waals surface area (Å²) in [5.41, 5.74) is 2.37. The molecule has 0 aromatic heterocycles. The number of methoxy groups -OCH3 is 1. The molecule has 0 radical (unpaired) electrons. The second-order valence-corrected chi connectivity index (χ2v) is 3.03. The molecule has 0 heterocycles. The van der Waals surface area contributed by atoms with Crippen molar-refractivity contribution in [1.82, 2.24) is 0 Å². The van der Waals surface area contributed by atoms with Gasteiger partial charge in [0.25, 0.3) is 0 Å². The van der Waals surface area contributed by atoms with Gasteiger partial charge in [0.1, 0.15) is 0 Å². The average molecular weight is 179 g/mol. The molecule has 1 N–H and O–H groups in total. The number of hydrogen-bond acceptors (Lipinski definition) is 2. The fourth-order valence-corrected chi connectivity index (χ4v) is 1.24. The summed E-state index contributed by atoms with van der Waals surface area (Å²) in [6.45, 7) is 5.09. The number of ether oxygens (including phenoxy) is 1. The van der Waals surface area contributed by atoms with Crippen LogP contribution in [-0.4, -0.2) is 13.7 Å². The summed E-state index contributed by atoms with van der Waals surface area (Å²) >= 11 is 0. The van der Waals surface area contributed by atoms with Crippen LogP contribution in [0.1, 0.15) is 25.5 Å². The number of rotatable bonds is 4. The van der Waals surface area contributed by atoms with Crippen molar-refractivity contribution in [3.05, 3.63) is 29.8 Å². The van der Waals surface area contributed by atoms with Gasteiger partial charge >= 0.3 is 0 Å². The van der Waals surface area contributed by atoms with Gasteiger partial charge in [0, 0.05) is 19.3 Å². The Morgan fingerprint density at radius 1 is 1.46 bits per heavy atom. The van der Waals surface area contributed by atoms with E-state index in [1.54, 1.807) is 7.11 Å². The molecule has 1 aromatic rings. The van der Waals surface area contributed by atoms with Gasteiger partial charge in [-0.3, -0.25) is 0 Å². The molecule has 0 saturated heterocycles. The maximum Gasteiger partial charge on any atom is 0.0793 e. The molecular weight excluding hydrogens is 162 g/mol. The van der Waals surface area contributed by atoms with Gasteiger partial charge in [0.05, 0.1) is 6.10 Å². The van der Waals surface area contributed by atoms with Crippen molar-refractivity contribution >= 4 is 5.69 Å². The Bertz CT molecular complexity index is 260. The highest BCUT2D eigenvalue weighted by atomic mass is 16.5. The van der Waals surface area contributed by atoms with Crippen molar-refractivity contribution in [1.29, 1.82) is 0 Å². The van der Waals surface area contributed by atoms with Crippen LogP contribution in [0.2, 0.25) is 0 Å². The maximum atomic E-state index is 5.24. The van der Waals surface area contributed by atoms with Crippen LogP contribution in [0.3, 0.4) is 0 Å². The van der Waals surface area contributed by atoms with Crippen molar-refractivity contribution in [3.8, 4) is 0 Å². The van der Waals surface area contributed by atoms with Gasteiger partial charge in [-0.05, 0) is 31.5 Å². The molecule has 0 aliphatic carbocycles. The first-order valence-corrected chi connectivity index (χ1v) is 4.64. The van der Waals surface area contributed by atoms with Crippen LogP contribution >= 0.6 is 0 Å². The Morgan fingerprint density at radius 2 is 2.23 bits per heavy atom. The minimum atomic E-state index is 0.165. The summed E-state index contributed by atoms with van der Waals surface area (Å²) < 4.78 is 5.24. The van der Waals surface area contributed by atoms with Gasteiger partial charge in [-0.1, -0.05) is 12.1 Å². The van der Waals surface area contributed by atoms with E-state index in [2.05, 4.69) is 30.4 Å². The van der Waals surface area contributed by atoms with Crippen LogP contribution in [0.15, 0.2) is 24.3 Å². The molecule has 1 unspecified atom stereocenters. The predicted molar refractivity (Wildman–Crippen MR) is 56.0 cm³/mol. The fraction of sp³-hybridized carbons (Fsp3) is 0.455. The summed E-state index contributed by atoms with van der Waals surface area (Å²) in [6, 6.07) is 8.31. The van der Waals surface area contributed by atoms with Gasteiger partial charge in [-0.15, -0.1) is 0 Å². The van der Waals surface area contributed by atoms with Gasteiger partial charge in [-0.2, -0.15) is 0 Å². The molecule has 0 spiro atoms. The third-order valence-electron chi connectivity index (χ3n) is 2.09. The van der Waals surface area contributed by atoms with E-state index in [4.69, 9.17) is 4.74 Å². The zero-order valence-electron chi connectivity index (χ0n) is 8.50. The van der Waals surface area contributed by atoms with E-state index in [-0.39, 0.29) is 6.10 Å². The molecule has 1 rings (SSSR count). The Labute approximate surface area is 79.9 Å². The lowest BCUT2D eigenvalue weighted by Gasteiger charge is -2.11. The molecule has 0 amide bonds. The van der Waals surface area contributed by atoms with E-state index in [9.17, 15) is 0 Å². The molecule has 1 atom stereocenters. The predicted octanol–water partition coefficient (Wildman–Crippen LogP) is 2.83. The van der Waals surface area contributed by atoms with E-state index in [0.717, 1.165) is 12.2 Å². The van der Waals surface area contributed by atoms with E-state index >= 15 is 0 Å². The molecule has 13 heavy (non-hydrogen) atoms. The average Bonchev–Trinajstić information content (AvgIpc) is 2.18. The van der Waals surface area contributed by atoms with Crippen LogP contribution < -0.4 is 5.32 Å². The Balaban J connectivity index is 2.78. The summed E-state index contributed by atoms with van der Waals surface area (Å²) in [5.74, 6) is 0. The van der Waals surface area contributed by atoms with Crippen molar-refractivity contribution in [2.45, 2.75) is 20.0 Å². The minimum Gasteiger partial charge on any atom is -0.385 e. The Morgan fingerprint density at radius 3 is 2.85 bits per heavy atom. The lowest BCUT2D eigenvalue weighted by Crippen LogP contribution is -1.99. The normalized spacial score (nSPS) is 12.5. The highest BCUT2D eigenvalue weighted by Gasteiger charge is 2.02. The van der Waals surface area contributed by atoms with Crippen LogP contribution in [0.5, 0.6) is 0 Å². The van der Waals surface area contributed by atoms with E-state index in [1.807, 2.05) is 13.0 Å². The van der Waals surface area contributed by atoms with E-state index in [1.165, 1.54) is 5.56 Å². The number of nitrogens with one attached hydrogen (secondary N) is 1. The second kappa shape index (κ2) is 4.87. The Hall–Kier alpha value is -1.02. The first-order chi connectivity index (χ1) is 6.27. The third-order valence-corrected chi connectivity index (χ3v) is 2.09. The van der Waals surface area contributed by atoms with Gasteiger partial charge in [0.15, 0.2) is 0 Å². The standard InChI is InChI=1S/C11H17NO/c1-4-12-11-7-5-6-10(8-11)9(2)13-3/h5-9,12H,4H2,1-3H3. The number of benzene rings is 1. The fourth-order valence-electron chi connectivity index (χ4n) is 1.24. The zero-order chi connectivity index (χ0) is 9.68. The summed E-state index contributed by atoms with van der Waals surface area (Å²) in [4.78, 5) is 0. The molecule has 2 heteroatoms. The summed E-state index contributed by atoms with van der Waals surface area (Å²) in [7, 11) is 1.73. The van der Waals surface area contributed by atoms with Gasteiger partial charge < -0.3 is 10.1 Å². The van der Waals surface area contributed by atoms with Crippen molar-refractivity contribution in [3.63, 3.8) is 0 Å². The second-order valence-electron chi connectivity index (χ2n) is 3.03. The van der Waals surface area contributed by atoms with Crippen LogP contribution in [0, 0.1) is 0 Å². The van der Waals surface area contributed by atoms with Crippen LogP contribution in [0.25, 0.3) is 0 Å². The maximum absolute atomic E-state index is 5.24. The largest absolute Gasteiger partial charge is 0.385 e. The quantitative estimate of drug-likeness (QED) is 0.767. The minimum absolute atomic E-state index is 0.165. The first kappa shape index (κ1) is 10.1. The Kier molecular flexibility index (Phi) is 3.77. The molecule has 72 valence electrons. The van der Waals surface area contributed by atoms with Crippen LogP contribution in [-0.2, 0) is 4.74 Å². The van der Waals surface area contributed by atoms with Gasteiger partial charge in [-0.25, -0.2) is 0 Å². The van der Waals surface area contributed by atoms with Crippen LogP contribution in [0.4, 0.5) is 5.69 Å². The molecule has 1 aromatic carbocycles. The first-order valence-electron chi connectivity index (χ1n) is 4.64. The molecule has 0 aliphatic rings.